The summed E-state index contributed by atoms with van der Waals surface area (Å²) in [4.78, 5) is 29.6. The number of nitrogens with one attached hydrogen (secondary N) is 1. The Morgan fingerprint density at radius 1 is 1.26 bits per heavy atom. The van der Waals surface area contributed by atoms with Crippen LogP contribution in [-0.2, 0) is 17.5 Å². The normalized spacial score (nSPS) is 11.4. The number of rotatable bonds is 5. The van der Waals surface area contributed by atoms with Gasteiger partial charge in [0.25, 0.3) is 5.89 Å². The lowest BCUT2D eigenvalue weighted by Gasteiger charge is -2.06. The lowest BCUT2D eigenvalue weighted by atomic mass is 10.1. The number of hydrogen-bond acceptors (Lipinski definition) is 6. The maximum Gasteiger partial charge on any atom is 0.416 e. The third kappa shape index (κ3) is 4.22. The predicted molar refractivity (Wildman–Crippen MR) is 84.7 cm³/mol. The number of ether oxygens (including phenoxy) is 1. The molecule has 0 radical (unpaired) electrons. The van der Waals surface area contributed by atoms with Crippen LogP contribution >= 0.6 is 0 Å². The van der Waals surface area contributed by atoms with Crippen molar-refractivity contribution in [2.24, 2.45) is 0 Å². The Morgan fingerprint density at radius 2 is 2.04 bits per heavy atom. The van der Waals surface area contributed by atoms with Gasteiger partial charge in [0.1, 0.15) is 5.69 Å². The number of ketones is 1. The van der Waals surface area contributed by atoms with E-state index < -0.39 is 17.7 Å². The van der Waals surface area contributed by atoms with Gasteiger partial charge in [0, 0.05) is 17.3 Å². The van der Waals surface area contributed by atoms with Crippen LogP contribution in [0.2, 0.25) is 0 Å². The van der Waals surface area contributed by atoms with Crippen molar-refractivity contribution in [3.63, 3.8) is 0 Å². The summed E-state index contributed by atoms with van der Waals surface area (Å²) in [7, 11) is 0. The van der Waals surface area contributed by atoms with Crippen molar-refractivity contribution >= 4 is 11.8 Å². The number of alkyl halides is 3. The summed E-state index contributed by atoms with van der Waals surface area (Å²) in [6.45, 7) is 0.977. The van der Waals surface area contributed by atoms with Crippen molar-refractivity contribution in [3.8, 4) is 11.4 Å². The number of Topliss-reactive ketones (excluding diaryl/α,β-unsaturated/α-hetero) is 1. The van der Waals surface area contributed by atoms with Gasteiger partial charge >= 0.3 is 12.1 Å². The molecule has 0 unspecified atom stereocenters. The molecule has 0 aliphatic carbocycles. The summed E-state index contributed by atoms with van der Waals surface area (Å²) < 4.78 is 48.2. The molecule has 2 aromatic heterocycles. The van der Waals surface area contributed by atoms with Gasteiger partial charge in [-0.2, -0.15) is 18.2 Å². The second-order valence-electron chi connectivity index (χ2n) is 5.52. The molecule has 0 fully saturated rings. The Labute approximate surface area is 150 Å². The Morgan fingerprint density at radius 3 is 2.70 bits per heavy atom. The van der Waals surface area contributed by atoms with Crippen LogP contribution in [-0.4, -0.2) is 26.9 Å². The van der Waals surface area contributed by atoms with E-state index in [-0.39, 0.29) is 35.4 Å². The summed E-state index contributed by atoms with van der Waals surface area (Å²) in [6, 6.07) is 5.79. The highest BCUT2D eigenvalue weighted by Gasteiger charge is 2.30. The third-order valence-corrected chi connectivity index (χ3v) is 3.55. The van der Waals surface area contributed by atoms with Crippen molar-refractivity contribution in [1.82, 2.24) is 15.1 Å². The first-order chi connectivity index (χ1) is 12.7. The van der Waals surface area contributed by atoms with Gasteiger partial charge in [-0.1, -0.05) is 17.3 Å². The zero-order valence-corrected chi connectivity index (χ0v) is 13.8. The fourth-order valence-corrected chi connectivity index (χ4v) is 2.19. The van der Waals surface area contributed by atoms with E-state index in [4.69, 9.17) is 9.26 Å². The van der Waals surface area contributed by atoms with E-state index in [9.17, 15) is 22.8 Å². The first-order valence-electron chi connectivity index (χ1n) is 7.61. The third-order valence-electron chi connectivity index (χ3n) is 3.55. The zero-order valence-electron chi connectivity index (χ0n) is 13.8. The highest BCUT2D eigenvalue weighted by Crippen LogP contribution is 2.31. The monoisotopic (exact) mass is 379 g/mol. The maximum absolute atomic E-state index is 12.8. The van der Waals surface area contributed by atoms with E-state index in [0.717, 1.165) is 12.1 Å². The van der Waals surface area contributed by atoms with Crippen molar-refractivity contribution in [1.29, 1.82) is 0 Å². The Kier molecular flexibility index (Phi) is 4.80. The summed E-state index contributed by atoms with van der Waals surface area (Å²) in [5.41, 5.74) is -0.336. The number of aromatic nitrogens is 3. The van der Waals surface area contributed by atoms with Crippen molar-refractivity contribution in [2.75, 3.05) is 0 Å². The molecule has 0 aliphatic rings. The number of carbonyl (C=O) groups is 2. The van der Waals surface area contributed by atoms with E-state index in [1.54, 1.807) is 0 Å². The molecule has 3 aromatic rings. The van der Waals surface area contributed by atoms with E-state index in [1.807, 2.05) is 0 Å². The van der Waals surface area contributed by atoms with Gasteiger partial charge in [0.15, 0.2) is 12.4 Å². The Balaban J connectivity index is 1.67. The molecule has 0 aliphatic heterocycles. The number of halogens is 3. The number of benzene rings is 1. The molecule has 10 heteroatoms. The van der Waals surface area contributed by atoms with E-state index in [0.29, 0.717) is 5.56 Å². The quantitative estimate of drug-likeness (QED) is 0.537. The molecule has 7 nitrogen and oxygen atoms in total. The molecule has 0 saturated heterocycles. The van der Waals surface area contributed by atoms with Crippen LogP contribution in [0.4, 0.5) is 13.2 Å². The number of aromatic amines is 1. The van der Waals surface area contributed by atoms with Gasteiger partial charge in [-0.15, -0.1) is 0 Å². The topological polar surface area (TPSA) is 98.1 Å². The Bertz CT molecular complexity index is 991. The second-order valence-corrected chi connectivity index (χ2v) is 5.52. The van der Waals surface area contributed by atoms with Gasteiger partial charge in [-0.25, -0.2) is 4.79 Å². The number of H-pyrrole nitrogens is 1. The summed E-state index contributed by atoms with van der Waals surface area (Å²) in [5.74, 6) is -1.12. The molecule has 0 spiro atoms. The molecule has 140 valence electrons. The second kappa shape index (κ2) is 7.06. The lowest BCUT2D eigenvalue weighted by molar-refractivity contribution is -0.137. The minimum atomic E-state index is -4.49. The van der Waals surface area contributed by atoms with Gasteiger partial charge in [-0.05, 0) is 25.1 Å². The molecule has 0 amide bonds. The minimum absolute atomic E-state index is 0.0640. The van der Waals surface area contributed by atoms with Gasteiger partial charge in [0.05, 0.1) is 5.56 Å². The molecule has 0 saturated carbocycles. The highest BCUT2D eigenvalue weighted by atomic mass is 19.4. The van der Waals surface area contributed by atoms with E-state index in [2.05, 4.69) is 15.1 Å². The molecule has 3 rings (SSSR count). The van der Waals surface area contributed by atoms with Crippen LogP contribution in [0.3, 0.4) is 0 Å². The average Bonchev–Trinajstić information content (AvgIpc) is 3.29. The number of esters is 1. The van der Waals surface area contributed by atoms with Crippen LogP contribution in [0.25, 0.3) is 11.4 Å². The van der Waals surface area contributed by atoms with Crippen molar-refractivity contribution in [3.05, 3.63) is 59.2 Å². The molecular formula is C17H12F3N3O4. The molecule has 1 aromatic carbocycles. The van der Waals surface area contributed by atoms with Crippen LogP contribution in [0.5, 0.6) is 0 Å². The number of hydrogen-bond donors (Lipinski definition) is 1. The SMILES string of the molecule is CC(=O)c1c[nH]c(C(=O)OCc2nc(-c3cccc(C(F)(F)F)c3)no2)c1. The highest BCUT2D eigenvalue weighted by molar-refractivity contribution is 5.97. The van der Waals surface area contributed by atoms with Gasteiger partial charge in [0.2, 0.25) is 5.82 Å². The number of carbonyl (C=O) groups excluding carboxylic acids is 2. The number of nitrogens with zero attached hydrogens (tertiary/aromatic N) is 2. The van der Waals surface area contributed by atoms with Gasteiger partial charge < -0.3 is 14.2 Å². The fourth-order valence-electron chi connectivity index (χ4n) is 2.19. The van der Waals surface area contributed by atoms with Gasteiger partial charge in [-0.3, -0.25) is 4.79 Å². The van der Waals surface area contributed by atoms with Crippen molar-refractivity contribution in [2.45, 2.75) is 19.7 Å². The van der Waals surface area contributed by atoms with Crippen LogP contribution in [0.1, 0.15) is 39.2 Å². The molecule has 27 heavy (non-hydrogen) atoms. The first kappa shape index (κ1) is 18.4. The molecular weight excluding hydrogens is 367 g/mol. The van der Waals surface area contributed by atoms with Crippen LogP contribution < -0.4 is 0 Å². The van der Waals surface area contributed by atoms with E-state index in [1.165, 1.54) is 31.3 Å². The largest absolute Gasteiger partial charge is 0.451 e. The first-order valence-corrected chi connectivity index (χ1v) is 7.61. The smallest absolute Gasteiger partial charge is 0.416 e. The lowest BCUT2D eigenvalue weighted by Crippen LogP contribution is -2.06. The standard InChI is InChI=1S/C17H12F3N3O4/c1-9(24)11-6-13(21-7-11)16(25)26-8-14-22-15(23-27-14)10-3-2-4-12(5-10)17(18,19)20/h2-7,21H,8H2,1H3. The van der Waals surface area contributed by atoms with Crippen molar-refractivity contribution < 1.29 is 32.0 Å². The summed E-state index contributed by atoms with van der Waals surface area (Å²) >= 11 is 0. The maximum atomic E-state index is 12.8. The summed E-state index contributed by atoms with van der Waals surface area (Å²) in [6.07, 6.45) is -3.12. The summed E-state index contributed by atoms with van der Waals surface area (Å²) in [5, 5.41) is 3.59. The molecule has 1 N–H and O–H groups in total. The minimum Gasteiger partial charge on any atom is -0.451 e. The molecule has 2 heterocycles. The Hall–Kier alpha value is -3.43. The predicted octanol–water partition coefficient (Wildman–Crippen LogP) is 3.64. The average molecular weight is 379 g/mol. The van der Waals surface area contributed by atoms with E-state index >= 15 is 0 Å². The molecule has 0 bridgehead atoms. The zero-order chi connectivity index (χ0) is 19.6. The molecule has 0 atom stereocenters. The fraction of sp³-hybridized carbons (Fsp3) is 0.176. The van der Waals surface area contributed by atoms with Crippen LogP contribution in [0.15, 0.2) is 41.1 Å². The van der Waals surface area contributed by atoms with Crippen LogP contribution in [0, 0.1) is 0 Å².